The normalized spacial score (nSPS) is 30.5. The maximum absolute atomic E-state index is 12.5. The summed E-state index contributed by atoms with van der Waals surface area (Å²) in [7, 11) is 0. The molecule has 4 N–H and O–H groups in total. The van der Waals surface area contributed by atoms with E-state index in [4.69, 9.17) is 0 Å². The monoisotopic (exact) mass is 362 g/mol. The van der Waals surface area contributed by atoms with Gasteiger partial charge >= 0.3 is 11.9 Å². The van der Waals surface area contributed by atoms with E-state index in [9.17, 15) is 30.0 Å². The van der Waals surface area contributed by atoms with E-state index < -0.39 is 28.7 Å². The lowest BCUT2D eigenvalue weighted by molar-refractivity contribution is -0.165. The molecule has 6 heteroatoms. The van der Waals surface area contributed by atoms with Crippen molar-refractivity contribution in [2.24, 2.45) is 11.3 Å². The van der Waals surface area contributed by atoms with Crippen molar-refractivity contribution >= 4 is 11.9 Å². The minimum absolute atomic E-state index is 0.0275. The van der Waals surface area contributed by atoms with Crippen LogP contribution >= 0.6 is 0 Å². The Morgan fingerprint density at radius 1 is 1.15 bits per heavy atom. The van der Waals surface area contributed by atoms with Crippen molar-refractivity contribution in [1.29, 1.82) is 0 Å². The highest BCUT2D eigenvalue weighted by molar-refractivity contribution is 5.88. The minimum atomic E-state index is -1.49. The Kier molecular flexibility index (Phi) is 4.20. The molecule has 1 saturated carbocycles. The fourth-order valence-corrected chi connectivity index (χ4v) is 5.31. The number of aromatic hydroxyl groups is 2. The molecule has 26 heavy (non-hydrogen) atoms. The van der Waals surface area contributed by atoms with E-state index >= 15 is 0 Å². The van der Waals surface area contributed by atoms with Gasteiger partial charge in [0.05, 0.1) is 5.41 Å². The number of fused-ring (bicyclic) bond motifs is 3. The SMILES string of the molecule is CC(C)c1cc(O)c2c(c1O)CCC1C(C)(C(=O)O)CCC[C@]21C(=O)O. The molecule has 1 aromatic rings. The van der Waals surface area contributed by atoms with Crippen LogP contribution in [-0.4, -0.2) is 32.4 Å². The van der Waals surface area contributed by atoms with Gasteiger partial charge in [-0.05, 0) is 50.5 Å². The highest BCUT2D eigenvalue weighted by Gasteiger charge is 2.62. The fourth-order valence-electron chi connectivity index (χ4n) is 5.31. The van der Waals surface area contributed by atoms with Gasteiger partial charge in [0, 0.05) is 16.7 Å². The van der Waals surface area contributed by atoms with Gasteiger partial charge in [0.1, 0.15) is 16.9 Å². The summed E-state index contributed by atoms with van der Waals surface area (Å²) >= 11 is 0. The number of phenolic OH excluding ortho intramolecular Hbond substituents is 2. The van der Waals surface area contributed by atoms with Crippen LogP contribution in [0.15, 0.2) is 6.07 Å². The van der Waals surface area contributed by atoms with Gasteiger partial charge in [-0.25, -0.2) is 0 Å². The number of hydrogen-bond donors (Lipinski definition) is 4. The summed E-state index contributed by atoms with van der Waals surface area (Å²) in [5.74, 6) is -2.90. The van der Waals surface area contributed by atoms with Crippen molar-refractivity contribution < 1.29 is 30.0 Å². The Bertz CT molecular complexity index is 783. The molecule has 0 aromatic heterocycles. The molecule has 2 aliphatic rings. The zero-order valence-electron chi connectivity index (χ0n) is 15.4. The second-order valence-electron chi connectivity index (χ2n) is 8.29. The van der Waals surface area contributed by atoms with Crippen molar-refractivity contribution in [2.45, 2.75) is 64.2 Å². The molecule has 6 nitrogen and oxygen atoms in total. The molecule has 1 fully saturated rings. The second kappa shape index (κ2) is 5.89. The zero-order valence-corrected chi connectivity index (χ0v) is 15.4. The largest absolute Gasteiger partial charge is 0.508 e. The maximum Gasteiger partial charge on any atom is 0.314 e. The zero-order chi connectivity index (χ0) is 19.4. The summed E-state index contributed by atoms with van der Waals surface area (Å²) in [6.07, 6.45) is 1.83. The highest BCUT2D eigenvalue weighted by atomic mass is 16.4. The van der Waals surface area contributed by atoms with Crippen molar-refractivity contribution in [3.8, 4) is 11.5 Å². The number of carbonyl (C=O) groups is 2. The van der Waals surface area contributed by atoms with Gasteiger partial charge in [-0.1, -0.05) is 20.3 Å². The van der Waals surface area contributed by atoms with E-state index in [1.165, 1.54) is 6.07 Å². The average molecular weight is 362 g/mol. The van der Waals surface area contributed by atoms with E-state index in [0.717, 1.165) is 0 Å². The van der Waals surface area contributed by atoms with Crippen LogP contribution in [0.1, 0.15) is 69.1 Å². The topological polar surface area (TPSA) is 115 Å². The van der Waals surface area contributed by atoms with Crippen molar-refractivity contribution in [3.05, 3.63) is 22.8 Å². The fraction of sp³-hybridized carbons (Fsp3) is 0.600. The Morgan fingerprint density at radius 2 is 1.81 bits per heavy atom. The van der Waals surface area contributed by atoms with Crippen LogP contribution < -0.4 is 0 Å². The Balaban J connectivity index is 2.32. The molecule has 3 atom stereocenters. The molecule has 1 aromatic carbocycles. The van der Waals surface area contributed by atoms with Gasteiger partial charge in [0.15, 0.2) is 0 Å². The van der Waals surface area contributed by atoms with Gasteiger partial charge in [-0.15, -0.1) is 0 Å². The number of carboxylic acids is 2. The predicted octanol–water partition coefficient (Wildman–Crippen LogP) is 3.38. The van der Waals surface area contributed by atoms with Crippen LogP contribution in [0.4, 0.5) is 0 Å². The number of phenols is 2. The van der Waals surface area contributed by atoms with Crippen LogP contribution in [0.3, 0.4) is 0 Å². The first-order valence-corrected chi connectivity index (χ1v) is 9.12. The first-order chi connectivity index (χ1) is 12.1. The quantitative estimate of drug-likeness (QED) is 0.613. The molecular weight excluding hydrogens is 336 g/mol. The number of benzene rings is 1. The van der Waals surface area contributed by atoms with Crippen LogP contribution in [-0.2, 0) is 21.4 Å². The molecule has 2 aliphatic carbocycles. The third-order valence-electron chi connectivity index (χ3n) is 6.66. The first kappa shape index (κ1) is 18.5. The van der Waals surface area contributed by atoms with Crippen LogP contribution in [0.5, 0.6) is 11.5 Å². The molecular formula is C20H26O6. The van der Waals surface area contributed by atoms with E-state index in [2.05, 4.69) is 0 Å². The maximum atomic E-state index is 12.5. The van der Waals surface area contributed by atoms with Gasteiger partial charge in [0.2, 0.25) is 0 Å². The molecule has 0 spiro atoms. The third-order valence-corrected chi connectivity index (χ3v) is 6.66. The van der Waals surface area contributed by atoms with Crippen molar-refractivity contribution in [1.82, 2.24) is 0 Å². The van der Waals surface area contributed by atoms with Crippen LogP contribution in [0.25, 0.3) is 0 Å². The molecule has 0 radical (unpaired) electrons. The summed E-state index contributed by atoms with van der Waals surface area (Å²) in [6, 6.07) is 1.44. The molecule has 3 rings (SSSR count). The highest BCUT2D eigenvalue weighted by Crippen LogP contribution is 2.61. The number of rotatable bonds is 3. The lowest BCUT2D eigenvalue weighted by Gasteiger charge is -2.52. The number of carboxylic acid groups (broad SMARTS) is 2. The summed E-state index contributed by atoms with van der Waals surface area (Å²) in [4.78, 5) is 24.5. The Morgan fingerprint density at radius 3 is 2.35 bits per heavy atom. The lowest BCUT2D eigenvalue weighted by Crippen LogP contribution is -2.57. The average Bonchev–Trinajstić information content (AvgIpc) is 2.56. The smallest absolute Gasteiger partial charge is 0.314 e. The van der Waals surface area contributed by atoms with Gasteiger partial charge in [-0.2, -0.15) is 0 Å². The van der Waals surface area contributed by atoms with E-state index in [0.29, 0.717) is 36.8 Å². The Labute approximate surface area is 152 Å². The Hall–Kier alpha value is -2.24. The number of hydrogen-bond acceptors (Lipinski definition) is 4. The first-order valence-electron chi connectivity index (χ1n) is 9.12. The minimum Gasteiger partial charge on any atom is -0.508 e. The van der Waals surface area contributed by atoms with E-state index in [1.807, 2.05) is 13.8 Å². The van der Waals surface area contributed by atoms with Gasteiger partial charge in [-0.3, -0.25) is 9.59 Å². The predicted molar refractivity (Wildman–Crippen MR) is 94.6 cm³/mol. The molecule has 0 bridgehead atoms. The van der Waals surface area contributed by atoms with Crippen LogP contribution in [0.2, 0.25) is 0 Å². The third kappa shape index (κ3) is 2.24. The molecule has 0 amide bonds. The summed E-state index contributed by atoms with van der Waals surface area (Å²) in [5, 5.41) is 41.5. The van der Waals surface area contributed by atoms with E-state index in [1.54, 1.807) is 6.92 Å². The molecule has 0 heterocycles. The molecule has 0 aliphatic heterocycles. The molecule has 0 saturated heterocycles. The standard InChI is InChI=1S/C20H26O6/c1-10(2)12-9-13(21)15-11(16(12)22)5-6-14-19(3,17(23)24)7-4-8-20(14,15)18(25)26/h9-10,14,21-22H,4-8H2,1-3H3,(H,23,24)(H,25,26)/t14?,19?,20-/m1/s1. The summed E-state index contributed by atoms with van der Waals surface area (Å²) < 4.78 is 0. The van der Waals surface area contributed by atoms with Gasteiger partial charge < -0.3 is 20.4 Å². The molecule has 2 unspecified atom stereocenters. The summed E-state index contributed by atoms with van der Waals surface area (Å²) in [5.41, 5.74) is -1.40. The van der Waals surface area contributed by atoms with Crippen molar-refractivity contribution in [3.63, 3.8) is 0 Å². The lowest BCUT2D eigenvalue weighted by atomic mass is 9.48. The van der Waals surface area contributed by atoms with Crippen LogP contribution in [0, 0.1) is 11.3 Å². The molecule has 142 valence electrons. The second-order valence-corrected chi connectivity index (χ2v) is 8.29. The van der Waals surface area contributed by atoms with Gasteiger partial charge in [0.25, 0.3) is 0 Å². The number of aliphatic carboxylic acids is 2. The summed E-state index contributed by atoms with van der Waals surface area (Å²) in [6.45, 7) is 5.39. The van der Waals surface area contributed by atoms with Crippen molar-refractivity contribution in [2.75, 3.05) is 0 Å². The van der Waals surface area contributed by atoms with E-state index in [-0.39, 0.29) is 29.4 Å².